The molecule has 4 nitrogen and oxygen atoms in total. The third kappa shape index (κ3) is 3.65. The first-order valence-corrected chi connectivity index (χ1v) is 8.23. The van der Waals surface area contributed by atoms with Crippen molar-refractivity contribution >= 4 is 11.9 Å². The van der Waals surface area contributed by atoms with Crippen LogP contribution in [-0.4, -0.2) is 23.3 Å². The highest BCUT2D eigenvalue weighted by atomic mass is 16.6. The van der Waals surface area contributed by atoms with Crippen LogP contribution in [0.5, 0.6) is 0 Å². The van der Waals surface area contributed by atoms with Gasteiger partial charge in [0.15, 0.2) is 5.78 Å². The first-order chi connectivity index (χ1) is 11.6. The Balaban J connectivity index is 1.66. The van der Waals surface area contributed by atoms with Gasteiger partial charge in [0, 0.05) is 12.1 Å². The quantitative estimate of drug-likeness (QED) is 0.785. The Morgan fingerprint density at radius 3 is 2.46 bits per heavy atom. The fourth-order valence-corrected chi connectivity index (χ4v) is 3.07. The molecular formula is C20H21NO3. The molecule has 2 aromatic rings. The molecule has 0 saturated carbocycles. The number of nitrogens with zero attached hydrogens (tertiary/aromatic N) is 1. The zero-order chi connectivity index (χ0) is 16.9. The molecular weight excluding hydrogens is 302 g/mol. The topological polar surface area (TPSA) is 46.6 Å². The number of carbonyl (C=O) groups is 2. The summed E-state index contributed by atoms with van der Waals surface area (Å²) in [5.41, 5.74) is 2.72. The largest absolute Gasteiger partial charge is 0.445 e. The molecule has 0 N–H and O–H groups in total. The fraction of sp³-hybridized carbons (Fsp3) is 0.300. The van der Waals surface area contributed by atoms with E-state index in [-0.39, 0.29) is 24.5 Å². The summed E-state index contributed by atoms with van der Waals surface area (Å²) in [6, 6.07) is 17.2. The maximum Gasteiger partial charge on any atom is 0.410 e. The van der Waals surface area contributed by atoms with Gasteiger partial charge in [-0.2, -0.15) is 0 Å². The van der Waals surface area contributed by atoms with Crippen LogP contribution in [0, 0.1) is 0 Å². The van der Waals surface area contributed by atoms with Crippen LogP contribution in [0.1, 0.15) is 47.3 Å². The first kappa shape index (κ1) is 16.2. The van der Waals surface area contributed by atoms with Crippen molar-refractivity contribution in [3.05, 3.63) is 71.3 Å². The molecule has 2 aromatic carbocycles. The molecule has 1 unspecified atom stereocenters. The van der Waals surface area contributed by atoms with Crippen molar-refractivity contribution in [2.75, 3.05) is 6.54 Å². The van der Waals surface area contributed by atoms with Gasteiger partial charge in [-0.3, -0.25) is 4.79 Å². The zero-order valence-electron chi connectivity index (χ0n) is 13.8. The minimum Gasteiger partial charge on any atom is -0.445 e. The Morgan fingerprint density at radius 1 is 1.08 bits per heavy atom. The number of hydrogen-bond donors (Lipinski definition) is 0. The molecule has 0 bridgehead atoms. The smallest absolute Gasteiger partial charge is 0.410 e. The number of Topliss-reactive ketones (excluding diaryl/α,β-unsaturated/α-hetero) is 1. The van der Waals surface area contributed by atoms with Crippen LogP contribution in [0.15, 0.2) is 54.6 Å². The Kier molecular flexibility index (Phi) is 4.94. The summed E-state index contributed by atoms with van der Waals surface area (Å²) < 4.78 is 5.46. The lowest BCUT2D eigenvalue weighted by Crippen LogP contribution is -2.31. The maximum absolute atomic E-state index is 12.4. The number of amides is 1. The summed E-state index contributed by atoms with van der Waals surface area (Å²) in [7, 11) is 0. The van der Waals surface area contributed by atoms with Crippen LogP contribution < -0.4 is 0 Å². The third-order valence-electron chi connectivity index (χ3n) is 4.39. The summed E-state index contributed by atoms with van der Waals surface area (Å²) in [5, 5.41) is 0. The number of benzene rings is 2. The molecule has 1 fully saturated rings. The molecule has 0 aliphatic carbocycles. The average Bonchev–Trinajstić information content (AvgIpc) is 3.10. The van der Waals surface area contributed by atoms with Crippen molar-refractivity contribution in [2.45, 2.75) is 32.4 Å². The summed E-state index contributed by atoms with van der Waals surface area (Å²) >= 11 is 0. The molecule has 1 saturated heterocycles. The van der Waals surface area contributed by atoms with E-state index in [9.17, 15) is 9.59 Å². The second-order valence-corrected chi connectivity index (χ2v) is 6.07. The predicted octanol–water partition coefficient (Wildman–Crippen LogP) is 4.36. The maximum atomic E-state index is 12.4. The Morgan fingerprint density at radius 2 is 1.79 bits per heavy atom. The lowest BCUT2D eigenvalue weighted by Gasteiger charge is -2.24. The molecule has 24 heavy (non-hydrogen) atoms. The van der Waals surface area contributed by atoms with E-state index in [0.717, 1.165) is 24.0 Å². The zero-order valence-corrected chi connectivity index (χ0v) is 13.8. The van der Waals surface area contributed by atoms with E-state index < -0.39 is 0 Å². The molecule has 0 radical (unpaired) electrons. The van der Waals surface area contributed by atoms with Gasteiger partial charge in [0.25, 0.3) is 0 Å². The average molecular weight is 323 g/mol. The SMILES string of the molecule is CC(=O)c1ccc(C2CCCN2C(=O)OCc2ccccc2)cc1. The molecule has 1 aliphatic rings. The number of rotatable bonds is 4. The van der Waals surface area contributed by atoms with Gasteiger partial charge in [-0.05, 0) is 30.9 Å². The van der Waals surface area contributed by atoms with E-state index in [4.69, 9.17) is 4.74 Å². The van der Waals surface area contributed by atoms with Gasteiger partial charge >= 0.3 is 6.09 Å². The minimum atomic E-state index is -0.281. The highest BCUT2D eigenvalue weighted by molar-refractivity contribution is 5.94. The molecule has 1 amide bonds. The molecule has 0 aromatic heterocycles. The molecule has 1 aliphatic heterocycles. The van der Waals surface area contributed by atoms with E-state index >= 15 is 0 Å². The van der Waals surface area contributed by atoms with Gasteiger partial charge in [0.1, 0.15) is 6.61 Å². The van der Waals surface area contributed by atoms with E-state index in [1.54, 1.807) is 11.8 Å². The van der Waals surface area contributed by atoms with Crippen molar-refractivity contribution in [3.63, 3.8) is 0 Å². The second-order valence-electron chi connectivity index (χ2n) is 6.07. The van der Waals surface area contributed by atoms with Crippen LogP contribution in [0.4, 0.5) is 4.79 Å². The van der Waals surface area contributed by atoms with Gasteiger partial charge < -0.3 is 9.64 Å². The summed E-state index contributed by atoms with van der Waals surface area (Å²) in [6.07, 6.45) is 1.59. The van der Waals surface area contributed by atoms with Gasteiger partial charge in [0.2, 0.25) is 0 Å². The number of hydrogen-bond acceptors (Lipinski definition) is 3. The van der Waals surface area contributed by atoms with Gasteiger partial charge in [-0.15, -0.1) is 0 Å². The predicted molar refractivity (Wildman–Crippen MR) is 91.8 cm³/mol. The van der Waals surface area contributed by atoms with Gasteiger partial charge in [-0.25, -0.2) is 4.79 Å². The second kappa shape index (κ2) is 7.30. The fourth-order valence-electron chi connectivity index (χ4n) is 3.07. The van der Waals surface area contributed by atoms with E-state index in [1.165, 1.54) is 0 Å². The first-order valence-electron chi connectivity index (χ1n) is 8.23. The molecule has 4 heteroatoms. The third-order valence-corrected chi connectivity index (χ3v) is 4.39. The Labute approximate surface area is 142 Å². The van der Waals surface area contributed by atoms with Crippen LogP contribution in [-0.2, 0) is 11.3 Å². The lowest BCUT2D eigenvalue weighted by atomic mass is 10.0. The van der Waals surface area contributed by atoms with E-state index in [0.29, 0.717) is 12.1 Å². The van der Waals surface area contributed by atoms with Crippen LogP contribution >= 0.6 is 0 Å². The van der Waals surface area contributed by atoms with Crippen molar-refractivity contribution in [2.24, 2.45) is 0 Å². The van der Waals surface area contributed by atoms with Crippen LogP contribution in [0.3, 0.4) is 0 Å². The van der Waals surface area contributed by atoms with Crippen LogP contribution in [0.25, 0.3) is 0 Å². The number of carbonyl (C=O) groups excluding carboxylic acids is 2. The lowest BCUT2D eigenvalue weighted by molar-refractivity contribution is 0.0919. The normalized spacial score (nSPS) is 16.9. The van der Waals surface area contributed by atoms with E-state index in [1.807, 2.05) is 54.6 Å². The standard InChI is InChI=1S/C20H21NO3/c1-15(22)17-9-11-18(12-10-17)19-8-5-13-21(19)20(23)24-14-16-6-3-2-4-7-16/h2-4,6-7,9-12,19H,5,8,13-14H2,1H3. The molecule has 1 atom stereocenters. The monoisotopic (exact) mass is 323 g/mol. The molecule has 1 heterocycles. The summed E-state index contributed by atoms with van der Waals surface area (Å²) in [5.74, 6) is 0.0482. The number of ketones is 1. The van der Waals surface area contributed by atoms with Gasteiger partial charge in [-0.1, -0.05) is 54.6 Å². The highest BCUT2D eigenvalue weighted by Gasteiger charge is 2.31. The highest BCUT2D eigenvalue weighted by Crippen LogP contribution is 2.32. The van der Waals surface area contributed by atoms with E-state index in [2.05, 4.69) is 0 Å². The van der Waals surface area contributed by atoms with Crippen molar-refractivity contribution < 1.29 is 14.3 Å². The van der Waals surface area contributed by atoms with Crippen molar-refractivity contribution in [1.29, 1.82) is 0 Å². The Bertz CT molecular complexity index is 709. The number of likely N-dealkylation sites (tertiary alicyclic amines) is 1. The molecule has 124 valence electrons. The van der Waals surface area contributed by atoms with Gasteiger partial charge in [0.05, 0.1) is 6.04 Å². The minimum absolute atomic E-state index is 0.0225. The molecule has 3 rings (SSSR count). The number of ether oxygens (including phenoxy) is 1. The Hall–Kier alpha value is -2.62. The molecule has 0 spiro atoms. The van der Waals surface area contributed by atoms with Crippen molar-refractivity contribution in [3.8, 4) is 0 Å². The summed E-state index contributed by atoms with van der Waals surface area (Å²) in [4.78, 5) is 25.6. The summed E-state index contributed by atoms with van der Waals surface area (Å²) in [6.45, 7) is 2.54. The van der Waals surface area contributed by atoms with Crippen molar-refractivity contribution in [1.82, 2.24) is 4.90 Å². The van der Waals surface area contributed by atoms with Crippen LogP contribution in [0.2, 0.25) is 0 Å².